The molecule has 0 atom stereocenters. The molecule has 0 saturated heterocycles. The Morgan fingerprint density at radius 3 is 2.04 bits per heavy atom. The second-order valence-corrected chi connectivity index (χ2v) is 16.3. The molecule has 1 N–H and O–H groups in total. The Kier molecular flexibility index (Phi) is 9.08. The number of hydrogen-bond donors (Lipinski definition) is 1. The lowest BCUT2D eigenvalue weighted by Gasteiger charge is -2.27. The Morgan fingerprint density at radius 1 is 0.635 bits per heavy atom. The first-order chi connectivity index (χ1) is 24.8. The van der Waals surface area contributed by atoms with Crippen molar-refractivity contribution in [3.8, 4) is 56.3 Å². The van der Waals surface area contributed by atoms with Crippen molar-refractivity contribution in [3.63, 3.8) is 0 Å². The molecule has 7 aromatic rings. The Labute approximate surface area is 308 Å². The molecular weight excluding hydrogens is 637 g/mol. The van der Waals surface area contributed by atoms with Gasteiger partial charge in [0.15, 0.2) is 11.5 Å². The first-order valence-electron chi connectivity index (χ1n) is 18.3. The van der Waals surface area contributed by atoms with Crippen LogP contribution in [0.5, 0.6) is 5.75 Å². The number of nitrogens with zero attached hydrogens (tertiary/aromatic N) is 4. The van der Waals surface area contributed by atoms with E-state index < -0.39 is 0 Å². The van der Waals surface area contributed by atoms with E-state index in [1.807, 2.05) is 30.6 Å². The summed E-state index contributed by atoms with van der Waals surface area (Å²) < 4.78 is 2.15. The topological polar surface area (TPSA) is 63.8 Å². The van der Waals surface area contributed by atoms with Gasteiger partial charge in [-0.3, -0.25) is 9.55 Å². The maximum absolute atomic E-state index is 12.2. The minimum absolute atomic E-state index is 0.163. The van der Waals surface area contributed by atoms with Crippen molar-refractivity contribution in [3.05, 3.63) is 138 Å². The molecule has 0 saturated carbocycles. The van der Waals surface area contributed by atoms with Crippen molar-refractivity contribution < 1.29 is 5.11 Å². The number of pyridine rings is 2. The molecule has 3 heterocycles. The molecule has 5 nitrogen and oxygen atoms in total. The molecule has 4 aromatic carbocycles. The smallest absolute Gasteiger partial charge is 0.165 e. The van der Waals surface area contributed by atoms with Crippen LogP contribution in [0.2, 0.25) is 0 Å². The zero-order valence-corrected chi connectivity index (χ0v) is 31.6. The predicted octanol–water partition coefficient (Wildman–Crippen LogP) is 12.0. The van der Waals surface area contributed by atoms with Gasteiger partial charge in [0.1, 0.15) is 11.3 Å². The van der Waals surface area contributed by atoms with Crippen LogP contribution in [-0.4, -0.2) is 24.6 Å². The van der Waals surface area contributed by atoms with Gasteiger partial charge in [-0.25, -0.2) is 9.97 Å². The van der Waals surface area contributed by atoms with Gasteiger partial charge < -0.3 is 5.11 Å². The van der Waals surface area contributed by atoms with Crippen LogP contribution in [0.25, 0.3) is 61.8 Å². The first kappa shape index (κ1) is 34.9. The molecule has 0 unspecified atom stereocenters. The van der Waals surface area contributed by atoms with Crippen LogP contribution in [0.15, 0.2) is 122 Å². The summed E-state index contributed by atoms with van der Waals surface area (Å²) in [6, 6.07) is 38.0. The minimum atomic E-state index is -0.305. The van der Waals surface area contributed by atoms with Gasteiger partial charge in [0.25, 0.3) is 0 Å². The predicted molar refractivity (Wildman–Crippen MR) is 216 cm³/mol. The van der Waals surface area contributed by atoms with Gasteiger partial charge in [0, 0.05) is 34.6 Å². The van der Waals surface area contributed by atoms with Gasteiger partial charge in [-0.2, -0.15) is 0 Å². The Bertz CT molecular complexity index is 2380. The van der Waals surface area contributed by atoms with Crippen molar-refractivity contribution in [2.45, 2.75) is 72.6 Å². The summed E-state index contributed by atoms with van der Waals surface area (Å²) in [7, 11) is 0. The minimum Gasteiger partial charge on any atom is -0.507 e. The fraction of sp³-hybridized carbons (Fsp3) is 0.255. The SMILES string of the molecule is CC(C)Cc1cc(-c2ccccn2)cc(-c2ccnc3c2nc(-c2cc(C(C)(C)C)cc(C(C)(C)C)c2O)n3-c2ccccc2-c2ccccc2)c1. The van der Waals surface area contributed by atoms with Gasteiger partial charge in [-0.1, -0.05) is 122 Å². The molecule has 0 radical (unpaired) electrons. The molecule has 0 bridgehead atoms. The Hall–Kier alpha value is -5.55. The molecule has 7 rings (SSSR count). The number of para-hydroxylation sites is 1. The van der Waals surface area contributed by atoms with E-state index in [1.165, 1.54) is 5.56 Å². The number of fused-ring (bicyclic) bond motifs is 1. The zero-order chi connectivity index (χ0) is 36.8. The number of benzene rings is 4. The highest BCUT2D eigenvalue weighted by Crippen LogP contribution is 2.45. The summed E-state index contributed by atoms with van der Waals surface area (Å²) in [4.78, 5) is 15.3. The van der Waals surface area contributed by atoms with Crippen LogP contribution in [0.1, 0.15) is 72.1 Å². The molecule has 0 amide bonds. The van der Waals surface area contributed by atoms with Crippen LogP contribution in [0, 0.1) is 5.92 Å². The molecule has 52 heavy (non-hydrogen) atoms. The van der Waals surface area contributed by atoms with Crippen LogP contribution in [-0.2, 0) is 17.3 Å². The van der Waals surface area contributed by atoms with Crippen molar-refractivity contribution in [1.82, 2.24) is 19.5 Å². The van der Waals surface area contributed by atoms with Crippen molar-refractivity contribution in [2.75, 3.05) is 0 Å². The maximum Gasteiger partial charge on any atom is 0.165 e. The zero-order valence-electron chi connectivity index (χ0n) is 31.6. The summed E-state index contributed by atoms with van der Waals surface area (Å²) in [5.41, 5.74) is 12.1. The van der Waals surface area contributed by atoms with E-state index in [2.05, 4.69) is 151 Å². The Balaban J connectivity index is 1.59. The van der Waals surface area contributed by atoms with Crippen molar-refractivity contribution in [2.24, 2.45) is 5.92 Å². The Morgan fingerprint density at radius 2 is 1.35 bits per heavy atom. The molecule has 3 aromatic heterocycles. The van der Waals surface area contributed by atoms with E-state index in [0.717, 1.165) is 67.9 Å². The third-order valence-electron chi connectivity index (χ3n) is 9.71. The van der Waals surface area contributed by atoms with Crippen LogP contribution < -0.4 is 0 Å². The molecule has 5 heteroatoms. The molecular formula is C47H48N4O. The second-order valence-electron chi connectivity index (χ2n) is 16.3. The van der Waals surface area contributed by atoms with E-state index in [0.29, 0.717) is 17.3 Å². The van der Waals surface area contributed by atoms with Crippen LogP contribution >= 0.6 is 0 Å². The third-order valence-corrected chi connectivity index (χ3v) is 9.71. The van der Waals surface area contributed by atoms with E-state index in [4.69, 9.17) is 15.0 Å². The normalized spacial score (nSPS) is 12.2. The number of imidazole rings is 1. The quantitative estimate of drug-likeness (QED) is 0.181. The number of phenolic OH excluding ortho intramolecular Hbond substituents is 1. The van der Waals surface area contributed by atoms with E-state index >= 15 is 0 Å². The van der Waals surface area contributed by atoms with Crippen molar-refractivity contribution in [1.29, 1.82) is 0 Å². The highest BCUT2D eigenvalue weighted by molar-refractivity contribution is 5.95. The van der Waals surface area contributed by atoms with E-state index in [9.17, 15) is 5.11 Å². The van der Waals surface area contributed by atoms with E-state index in [1.54, 1.807) is 0 Å². The lowest BCUT2D eigenvalue weighted by Crippen LogP contribution is -2.17. The lowest BCUT2D eigenvalue weighted by atomic mass is 9.79. The highest BCUT2D eigenvalue weighted by Gasteiger charge is 2.29. The number of hydrogen-bond acceptors (Lipinski definition) is 4. The summed E-state index contributed by atoms with van der Waals surface area (Å²) in [6.07, 6.45) is 4.67. The summed E-state index contributed by atoms with van der Waals surface area (Å²) >= 11 is 0. The van der Waals surface area contributed by atoms with Crippen molar-refractivity contribution >= 4 is 11.2 Å². The summed E-state index contributed by atoms with van der Waals surface area (Å²) in [5, 5.41) is 12.2. The molecule has 0 aliphatic rings. The van der Waals surface area contributed by atoms with Gasteiger partial charge >= 0.3 is 0 Å². The lowest BCUT2D eigenvalue weighted by molar-refractivity contribution is 0.446. The molecule has 262 valence electrons. The number of aromatic hydroxyl groups is 1. The fourth-order valence-electron chi connectivity index (χ4n) is 7.07. The molecule has 0 fully saturated rings. The fourth-order valence-corrected chi connectivity index (χ4v) is 7.07. The molecule has 0 spiro atoms. The van der Waals surface area contributed by atoms with Crippen LogP contribution in [0.3, 0.4) is 0 Å². The molecule has 0 aliphatic carbocycles. The number of aromatic nitrogens is 4. The van der Waals surface area contributed by atoms with E-state index in [-0.39, 0.29) is 16.6 Å². The van der Waals surface area contributed by atoms with Crippen LogP contribution in [0.4, 0.5) is 0 Å². The van der Waals surface area contributed by atoms with Gasteiger partial charge in [0.2, 0.25) is 0 Å². The maximum atomic E-state index is 12.2. The number of rotatable bonds is 7. The second kappa shape index (κ2) is 13.5. The molecule has 0 aliphatic heterocycles. The summed E-state index contributed by atoms with van der Waals surface area (Å²) in [6.45, 7) is 17.6. The third kappa shape index (κ3) is 6.76. The average Bonchev–Trinajstić information content (AvgIpc) is 3.50. The average molecular weight is 685 g/mol. The standard InChI is InChI=1S/C47H48N4O/c1-30(2)24-31-25-33(27-34(26-31)40-19-14-15-22-48-40)37-21-23-49-45-42(37)50-44(38-28-35(46(3,4)5)29-39(43(38)52)47(6,7)8)51(45)41-20-13-12-18-36(41)32-16-10-9-11-17-32/h9-23,25-30,52H,24H2,1-8H3. The first-order valence-corrected chi connectivity index (χ1v) is 18.3. The van der Waals surface area contributed by atoms with Gasteiger partial charge in [-0.05, 0) is 87.9 Å². The monoisotopic (exact) mass is 684 g/mol. The highest BCUT2D eigenvalue weighted by atomic mass is 16.3. The van der Waals surface area contributed by atoms with Gasteiger partial charge in [-0.15, -0.1) is 0 Å². The number of phenols is 1. The van der Waals surface area contributed by atoms with Gasteiger partial charge in [0.05, 0.1) is 16.9 Å². The largest absolute Gasteiger partial charge is 0.507 e. The summed E-state index contributed by atoms with van der Waals surface area (Å²) in [5.74, 6) is 1.38.